The molecule has 71 heavy (non-hydrogen) atoms. The van der Waals surface area contributed by atoms with Crippen molar-refractivity contribution < 1.29 is 69.2 Å². The fourth-order valence-electron chi connectivity index (χ4n) is 8.35. The third kappa shape index (κ3) is 36.0. The van der Waals surface area contributed by atoms with Gasteiger partial charge in [-0.2, -0.15) is 0 Å². The van der Waals surface area contributed by atoms with Gasteiger partial charge in [0.05, 0.1) is 44.7 Å². The molecule has 2 rings (SSSR count). The van der Waals surface area contributed by atoms with Gasteiger partial charge in [0.25, 0.3) is 0 Å². The molecule has 0 aliphatic carbocycles. The number of aliphatic hydroxyl groups is 1. The van der Waals surface area contributed by atoms with Gasteiger partial charge >= 0.3 is 12.3 Å². The van der Waals surface area contributed by atoms with Crippen LogP contribution in [0.15, 0.2) is 36.4 Å². The van der Waals surface area contributed by atoms with E-state index >= 15 is 0 Å². The summed E-state index contributed by atoms with van der Waals surface area (Å²) in [5.74, 6) is 0.459. The van der Waals surface area contributed by atoms with Crippen LogP contribution in [-0.4, -0.2) is 129 Å². The topological polar surface area (TPSA) is 125 Å². The minimum absolute atomic E-state index is 0. The number of halogens is 3. The summed E-state index contributed by atoms with van der Waals surface area (Å²) in [6.07, 6.45) is 16.3. The van der Waals surface area contributed by atoms with E-state index in [1.807, 2.05) is 12.1 Å². The van der Waals surface area contributed by atoms with Gasteiger partial charge in [-0.05, 0) is 102 Å². The summed E-state index contributed by atoms with van der Waals surface area (Å²) in [6.45, 7) is 27.9. The molecule has 2 aromatic rings. The van der Waals surface area contributed by atoms with Gasteiger partial charge in [0.1, 0.15) is 39.4 Å². The van der Waals surface area contributed by atoms with Gasteiger partial charge in [-0.3, -0.25) is 9.59 Å². The largest absolute Gasteiger partial charge is 1.00 e. The third-order valence-corrected chi connectivity index (χ3v) is 13.3. The van der Waals surface area contributed by atoms with Crippen LogP contribution >= 0.6 is 23.2 Å². The Balaban J connectivity index is -0.000000564. The molecule has 414 valence electrons. The Morgan fingerprint density at radius 1 is 0.465 bits per heavy atom. The van der Waals surface area contributed by atoms with Crippen LogP contribution in [0, 0.1) is 27.7 Å². The minimum atomic E-state index is -0.594. The zero-order valence-electron chi connectivity index (χ0n) is 45.7. The second kappa shape index (κ2) is 48.2. The Labute approximate surface area is 454 Å². The number of nitrogens with zero attached hydrogens (tertiary/aromatic N) is 2. The summed E-state index contributed by atoms with van der Waals surface area (Å²) in [5, 5.41) is 7.19. The SMILES string of the molecule is C.CCCCCCCCCOC(=O)OCC[N+](CC)(CC)CC(=O)Cc1c(C)cccc1C.CCCCCCCCCOC(=O)OCC[N+](CC)(CC)CC(=O)Cc1c(C)cccc1C.CO.ClCCl.[Br-]. The molecule has 14 heteroatoms. The predicted octanol–water partition coefficient (Wildman–Crippen LogP) is 11.0. The lowest BCUT2D eigenvalue weighted by atomic mass is 9.97. The number of likely N-dealkylation sites (N-methyl/N-ethyl adjacent to an activating group) is 2. The van der Waals surface area contributed by atoms with Gasteiger partial charge in [-0.25, -0.2) is 9.59 Å². The van der Waals surface area contributed by atoms with Crippen molar-refractivity contribution in [3.63, 3.8) is 0 Å². The summed E-state index contributed by atoms with van der Waals surface area (Å²) in [5.41, 5.74) is 6.92. The number of alkyl halides is 2. The average molecular weight is 1110 g/mol. The lowest BCUT2D eigenvalue weighted by Gasteiger charge is -2.36. The number of ether oxygens (including phenoxy) is 4. The molecule has 0 atom stereocenters. The Kier molecular flexibility index (Phi) is 50.8. The predicted molar refractivity (Wildman–Crippen MR) is 293 cm³/mol. The average Bonchev–Trinajstić information content (AvgIpc) is 3.33. The zero-order chi connectivity index (χ0) is 52.4. The summed E-state index contributed by atoms with van der Waals surface area (Å²) >= 11 is 9.53. The van der Waals surface area contributed by atoms with Crippen LogP contribution < -0.4 is 17.0 Å². The van der Waals surface area contributed by atoms with E-state index in [1.54, 1.807) is 0 Å². The van der Waals surface area contributed by atoms with Crippen molar-refractivity contribution in [3.8, 4) is 0 Å². The molecule has 0 bridgehead atoms. The maximum atomic E-state index is 12.9. The number of aliphatic hydroxyl groups excluding tert-OH is 1. The van der Waals surface area contributed by atoms with Gasteiger partial charge < -0.3 is 50.0 Å². The number of hydrogen-bond acceptors (Lipinski definition) is 9. The normalized spacial score (nSPS) is 10.6. The number of aryl methyl sites for hydroxylation is 4. The highest BCUT2D eigenvalue weighted by molar-refractivity contribution is 6.40. The first-order chi connectivity index (χ1) is 33.2. The lowest BCUT2D eigenvalue weighted by molar-refractivity contribution is -0.917. The molecule has 11 nitrogen and oxygen atoms in total. The van der Waals surface area contributed by atoms with Crippen LogP contribution in [0.25, 0.3) is 0 Å². The minimum Gasteiger partial charge on any atom is -1.00 e. The molecule has 0 radical (unpaired) electrons. The molecule has 0 fully saturated rings. The molecule has 0 heterocycles. The summed E-state index contributed by atoms with van der Waals surface area (Å²) < 4.78 is 22.3. The molecule has 0 saturated carbocycles. The first kappa shape index (κ1) is 74.8. The van der Waals surface area contributed by atoms with E-state index in [0.717, 1.165) is 92.4 Å². The Hall–Kier alpha value is -2.74. The van der Waals surface area contributed by atoms with Crippen LogP contribution in [0.2, 0.25) is 0 Å². The van der Waals surface area contributed by atoms with E-state index in [1.165, 1.54) is 64.2 Å². The molecule has 1 N–H and O–H groups in total. The number of hydrogen-bond donors (Lipinski definition) is 1. The zero-order valence-corrected chi connectivity index (χ0v) is 48.8. The van der Waals surface area contributed by atoms with Crippen LogP contribution in [0.1, 0.15) is 172 Å². The number of carbonyl (C=O) groups is 4. The number of benzene rings is 2. The number of ketones is 2. The van der Waals surface area contributed by atoms with Crippen molar-refractivity contribution in [2.45, 2.75) is 179 Å². The number of unbranched alkanes of at least 4 members (excludes halogenated alkanes) is 12. The van der Waals surface area contributed by atoms with E-state index in [2.05, 4.69) is 93.5 Å². The van der Waals surface area contributed by atoms with Crippen LogP contribution in [0.5, 0.6) is 0 Å². The van der Waals surface area contributed by atoms with E-state index < -0.39 is 12.3 Å². The molecule has 0 amide bonds. The van der Waals surface area contributed by atoms with Crippen LogP contribution in [0.3, 0.4) is 0 Å². The second-order valence-corrected chi connectivity index (χ2v) is 18.9. The van der Waals surface area contributed by atoms with Gasteiger partial charge in [0.15, 0.2) is 11.6 Å². The van der Waals surface area contributed by atoms with Crippen molar-refractivity contribution in [2.24, 2.45) is 0 Å². The van der Waals surface area contributed by atoms with Crippen molar-refractivity contribution in [1.29, 1.82) is 0 Å². The third-order valence-electron chi connectivity index (χ3n) is 13.3. The van der Waals surface area contributed by atoms with E-state index in [9.17, 15) is 19.2 Å². The van der Waals surface area contributed by atoms with Crippen molar-refractivity contribution in [2.75, 3.05) is 91.2 Å². The van der Waals surface area contributed by atoms with Crippen molar-refractivity contribution in [1.82, 2.24) is 0 Å². The van der Waals surface area contributed by atoms with Crippen LogP contribution in [-0.2, 0) is 41.4 Å². The lowest BCUT2D eigenvalue weighted by Crippen LogP contribution is -3.00. The molecule has 0 saturated heterocycles. The fourth-order valence-corrected chi connectivity index (χ4v) is 8.35. The molecular weight excluding hydrogens is 1010 g/mol. The van der Waals surface area contributed by atoms with Gasteiger partial charge in [-0.1, -0.05) is 135 Å². The van der Waals surface area contributed by atoms with Crippen molar-refractivity contribution in [3.05, 3.63) is 69.8 Å². The molecule has 2 aromatic carbocycles. The summed E-state index contributed by atoms with van der Waals surface area (Å²) in [6, 6.07) is 12.3. The molecule has 0 aliphatic rings. The smallest absolute Gasteiger partial charge is 0.508 e. The highest BCUT2D eigenvalue weighted by atomic mass is 79.9. The van der Waals surface area contributed by atoms with E-state index in [4.69, 9.17) is 47.3 Å². The quantitative estimate of drug-likeness (QED) is 0.0316. The maximum absolute atomic E-state index is 12.9. The highest BCUT2D eigenvalue weighted by Gasteiger charge is 2.29. The summed E-state index contributed by atoms with van der Waals surface area (Å²) in [4.78, 5) is 49.6. The first-order valence-electron chi connectivity index (χ1n) is 26.2. The number of rotatable bonds is 34. The van der Waals surface area contributed by atoms with Gasteiger partial charge in [0.2, 0.25) is 0 Å². The standard InChI is InChI=1S/2C27H46NO4.CH2Cl2.CH4O.CH4.BrH/c2*1-6-9-10-11-12-13-14-19-31-27(30)32-20-18-28(7-2,8-3)22-25(29)21-26-23(4)16-15-17-24(26)5;2-1-3;1-2;;/h2*15-17H,6-14,18-22H2,1-5H3;1H2;2H,1H3;1H4;1H/q2*+1;;;;/p-1. The molecule has 0 spiro atoms. The highest BCUT2D eigenvalue weighted by Crippen LogP contribution is 2.18. The van der Waals surface area contributed by atoms with Crippen molar-refractivity contribution >= 4 is 47.1 Å². The van der Waals surface area contributed by atoms with Crippen LogP contribution in [0.4, 0.5) is 9.59 Å². The second-order valence-electron chi connectivity index (χ2n) is 18.1. The number of carbonyl (C=O) groups excluding carboxylic acids is 4. The molecule has 0 aromatic heterocycles. The Bertz CT molecular complexity index is 1480. The van der Waals surface area contributed by atoms with E-state index in [-0.39, 0.29) is 54.5 Å². The maximum Gasteiger partial charge on any atom is 0.508 e. The molecule has 0 aliphatic heterocycles. The molecule has 0 unspecified atom stereocenters. The fraction of sp³-hybridized carbons (Fsp3) is 0.719. The van der Waals surface area contributed by atoms with Gasteiger partial charge in [0, 0.05) is 20.0 Å². The Morgan fingerprint density at radius 2 is 0.718 bits per heavy atom. The van der Waals surface area contributed by atoms with Gasteiger partial charge in [-0.15, -0.1) is 23.2 Å². The monoisotopic (exact) mass is 1110 g/mol. The first-order valence-corrected chi connectivity index (χ1v) is 27.2. The van der Waals surface area contributed by atoms with E-state index in [0.29, 0.717) is 61.2 Å². The Morgan fingerprint density at radius 3 is 0.986 bits per heavy atom. The number of quaternary nitrogens is 2. The summed E-state index contributed by atoms with van der Waals surface area (Å²) in [7, 11) is 1.00. The number of Topliss-reactive ketones (excluding diaryl/α,β-unsaturated/α-hetero) is 2. The molecular formula is C57H102BrCl2N2O9+.